The number of hydrogen-bond acceptors (Lipinski definition) is 2. The summed E-state index contributed by atoms with van der Waals surface area (Å²) >= 11 is 0. The Hall–Kier alpha value is -1.24. The fourth-order valence-corrected chi connectivity index (χ4v) is 4.21. The molecule has 0 amide bonds. The van der Waals surface area contributed by atoms with Gasteiger partial charge in [0, 0.05) is 18.5 Å². The molecule has 0 radical (unpaired) electrons. The van der Waals surface area contributed by atoms with Crippen molar-refractivity contribution < 1.29 is 5.11 Å². The summed E-state index contributed by atoms with van der Waals surface area (Å²) in [5.74, 6) is 2.80. The van der Waals surface area contributed by atoms with Gasteiger partial charge in [0.2, 0.25) is 0 Å². The average molecular weight is 390 g/mol. The zero-order valence-electron chi connectivity index (χ0n) is 21.2. The number of benzene rings is 1. The standard InChI is InChI=1S/C19H34B9NO/c1-4-9(20)13(22)14(23)10(21)5-8(11(30)6-29-7(2)3)12-15(24)17(26)19(28)18(27)16(12)25/h1,7-8,11,29-30H,5-6,20-28H2,2-3H3/b13-9-,14-10-. The van der Waals surface area contributed by atoms with Gasteiger partial charge in [0.15, 0.2) is 0 Å². The number of terminal acetylenes is 1. The van der Waals surface area contributed by atoms with Gasteiger partial charge in [0.05, 0.1) is 6.10 Å². The summed E-state index contributed by atoms with van der Waals surface area (Å²) in [4.78, 5) is 0. The van der Waals surface area contributed by atoms with Crippen molar-refractivity contribution in [1.29, 1.82) is 0 Å². The minimum Gasteiger partial charge on any atom is -0.391 e. The van der Waals surface area contributed by atoms with E-state index >= 15 is 0 Å². The SMILES string of the molecule is B/C(C#C)=C(B)/C(B)=C(/B)CC(c1c(B)c(B)c(B)c(B)c1B)C(O)CNC(C)C. The van der Waals surface area contributed by atoms with Gasteiger partial charge >= 0.3 is 0 Å². The lowest BCUT2D eigenvalue weighted by molar-refractivity contribution is 0.139. The van der Waals surface area contributed by atoms with Crippen LogP contribution in [0.1, 0.15) is 31.7 Å². The Balaban J connectivity index is 3.59. The van der Waals surface area contributed by atoms with Crippen molar-refractivity contribution in [2.75, 3.05) is 6.54 Å². The van der Waals surface area contributed by atoms with Gasteiger partial charge in [-0.1, -0.05) is 41.7 Å². The van der Waals surface area contributed by atoms with E-state index in [0.29, 0.717) is 12.6 Å². The van der Waals surface area contributed by atoms with E-state index in [0.717, 1.165) is 17.4 Å². The molecule has 0 aliphatic heterocycles. The molecule has 2 atom stereocenters. The third-order valence-corrected chi connectivity index (χ3v) is 7.14. The smallest absolute Gasteiger partial charge is 0.149 e. The van der Waals surface area contributed by atoms with Crippen LogP contribution in [0.5, 0.6) is 0 Å². The van der Waals surface area contributed by atoms with E-state index in [-0.39, 0.29) is 5.92 Å². The van der Waals surface area contributed by atoms with Crippen LogP contribution in [0.3, 0.4) is 0 Å². The molecular formula is C19H34B9NO. The largest absolute Gasteiger partial charge is 0.391 e. The molecule has 0 aliphatic carbocycles. The monoisotopic (exact) mass is 391 g/mol. The summed E-state index contributed by atoms with van der Waals surface area (Å²) in [5.41, 5.74) is 12.6. The molecular weight excluding hydrogens is 356 g/mol. The van der Waals surface area contributed by atoms with Crippen LogP contribution in [0, 0.1) is 12.3 Å². The molecule has 2 N–H and O–H groups in total. The van der Waals surface area contributed by atoms with E-state index < -0.39 is 6.10 Å². The van der Waals surface area contributed by atoms with E-state index in [1.54, 1.807) is 0 Å². The molecule has 0 aromatic heterocycles. The minimum absolute atomic E-state index is 0.0307. The predicted molar refractivity (Wildman–Crippen MR) is 161 cm³/mol. The molecule has 0 bridgehead atoms. The zero-order chi connectivity index (χ0) is 23.3. The summed E-state index contributed by atoms with van der Waals surface area (Å²) in [6.45, 7) is 4.81. The topological polar surface area (TPSA) is 32.3 Å². The number of nitrogens with one attached hydrogen (secondary N) is 1. The van der Waals surface area contributed by atoms with Crippen LogP contribution < -0.4 is 32.6 Å². The highest BCUT2D eigenvalue weighted by atomic mass is 16.3. The maximum Gasteiger partial charge on any atom is 0.149 e. The highest BCUT2D eigenvalue weighted by Crippen LogP contribution is 2.26. The molecule has 1 aromatic carbocycles. The van der Waals surface area contributed by atoms with E-state index in [1.807, 2.05) is 7.85 Å². The number of aliphatic hydroxyl groups is 1. The van der Waals surface area contributed by atoms with Crippen molar-refractivity contribution in [1.82, 2.24) is 5.32 Å². The third-order valence-electron chi connectivity index (χ3n) is 7.14. The number of hydrogen-bond donors (Lipinski definition) is 2. The highest BCUT2D eigenvalue weighted by molar-refractivity contribution is 6.67. The highest BCUT2D eigenvalue weighted by Gasteiger charge is 2.26. The molecule has 1 aromatic rings. The summed E-state index contributed by atoms with van der Waals surface area (Å²) in [7, 11) is 19.4. The zero-order valence-corrected chi connectivity index (χ0v) is 21.2. The lowest BCUT2D eigenvalue weighted by Crippen LogP contribution is -2.57. The van der Waals surface area contributed by atoms with Gasteiger partial charge in [-0.3, -0.25) is 0 Å². The Morgan fingerprint density at radius 3 is 1.80 bits per heavy atom. The first kappa shape index (κ1) is 26.8. The number of rotatable bonds is 8. The fraction of sp³-hybridized carbons (Fsp3) is 0.368. The molecule has 148 valence electrons. The average Bonchev–Trinajstić information content (AvgIpc) is 2.71. The molecule has 1 rings (SSSR count). The van der Waals surface area contributed by atoms with Crippen molar-refractivity contribution in [3.8, 4) is 12.3 Å². The van der Waals surface area contributed by atoms with Gasteiger partial charge in [-0.25, -0.2) is 0 Å². The fourth-order valence-electron chi connectivity index (χ4n) is 4.21. The van der Waals surface area contributed by atoms with Gasteiger partial charge < -0.3 is 10.4 Å². The maximum atomic E-state index is 11.3. The van der Waals surface area contributed by atoms with Crippen LogP contribution in [-0.2, 0) is 0 Å². The Bertz CT molecular complexity index is 873. The van der Waals surface area contributed by atoms with Crippen molar-refractivity contribution in [2.45, 2.75) is 38.3 Å². The molecule has 0 aliphatic rings. The first-order valence-electron chi connectivity index (χ1n) is 11.1. The van der Waals surface area contributed by atoms with Crippen molar-refractivity contribution >= 4 is 97.9 Å². The second-order valence-electron chi connectivity index (χ2n) is 9.28. The van der Waals surface area contributed by atoms with Gasteiger partial charge in [-0.2, -0.15) is 0 Å². The summed E-state index contributed by atoms with van der Waals surface area (Å²) in [6.07, 6.45) is 5.97. The van der Waals surface area contributed by atoms with Gasteiger partial charge in [-0.05, 0) is 11.9 Å². The lowest BCUT2D eigenvalue weighted by Gasteiger charge is -2.32. The second-order valence-corrected chi connectivity index (χ2v) is 9.28. The van der Waals surface area contributed by atoms with Crippen molar-refractivity contribution in [2.24, 2.45) is 0 Å². The van der Waals surface area contributed by atoms with E-state index in [9.17, 15) is 5.11 Å². The van der Waals surface area contributed by atoms with Gasteiger partial charge in [0.1, 0.15) is 70.6 Å². The molecule has 0 saturated carbocycles. The molecule has 0 spiro atoms. The number of aliphatic hydroxyl groups excluding tert-OH is 1. The molecule has 11 heteroatoms. The molecule has 2 nitrogen and oxygen atoms in total. The van der Waals surface area contributed by atoms with E-state index in [1.165, 1.54) is 43.8 Å². The Morgan fingerprint density at radius 2 is 1.37 bits per heavy atom. The summed E-state index contributed by atoms with van der Waals surface area (Å²) in [5, 5.41) is 14.7. The van der Waals surface area contributed by atoms with Crippen LogP contribution in [0.15, 0.2) is 21.9 Å². The quantitative estimate of drug-likeness (QED) is 0.263. The normalized spacial score (nSPS) is 15.2. The van der Waals surface area contributed by atoms with Crippen molar-refractivity contribution in [3.63, 3.8) is 0 Å². The van der Waals surface area contributed by atoms with Gasteiger partial charge in [0.25, 0.3) is 0 Å². The van der Waals surface area contributed by atoms with Crippen LogP contribution in [0.25, 0.3) is 0 Å². The number of allylic oxidation sites excluding steroid dienone is 4. The lowest BCUT2D eigenvalue weighted by atomic mass is 9.57. The first-order valence-corrected chi connectivity index (χ1v) is 11.1. The Kier molecular flexibility index (Phi) is 10.2. The molecule has 0 heterocycles. The molecule has 0 saturated heterocycles. The van der Waals surface area contributed by atoms with Crippen LogP contribution in [-0.4, -0.2) is 94.4 Å². The Morgan fingerprint density at radius 1 is 0.900 bits per heavy atom. The van der Waals surface area contributed by atoms with E-state index in [4.69, 9.17) is 6.42 Å². The van der Waals surface area contributed by atoms with Gasteiger partial charge in [-0.15, -0.1) is 33.8 Å². The molecule has 0 fully saturated rings. The summed E-state index contributed by atoms with van der Waals surface area (Å²) < 4.78 is 0. The third kappa shape index (κ3) is 6.15. The molecule has 2 unspecified atom stereocenters. The minimum atomic E-state index is -0.466. The summed E-state index contributed by atoms with van der Waals surface area (Å²) in [6, 6.07) is 0.339. The first-order chi connectivity index (χ1) is 13.8. The van der Waals surface area contributed by atoms with Crippen LogP contribution in [0.2, 0.25) is 0 Å². The predicted octanol–water partition coefficient (Wildman–Crippen LogP) is -9.60. The maximum absolute atomic E-state index is 11.3. The Labute approximate surface area is 193 Å². The van der Waals surface area contributed by atoms with Crippen LogP contribution in [0.4, 0.5) is 0 Å². The van der Waals surface area contributed by atoms with Crippen LogP contribution >= 0.6 is 0 Å². The molecule has 30 heavy (non-hydrogen) atoms. The van der Waals surface area contributed by atoms with Crippen molar-refractivity contribution in [3.05, 3.63) is 27.5 Å². The second kappa shape index (κ2) is 11.4. The van der Waals surface area contributed by atoms with E-state index in [2.05, 4.69) is 87.9 Å².